The fourth-order valence-electron chi connectivity index (χ4n) is 12.2. The van der Waals surface area contributed by atoms with Crippen molar-refractivity contribution >= 4 is 39.5 Å². The molecule has 0 radical (unpaired) electrons. The van der Waals surface area contributed by atoms with Crippen molar-refractivity contribution in [1.29, 1.82) is 0 Å². The summed E-state index contributed by atoms with van der Waals surface area (Å²) >= 11 is 0. The van der Waals surface area contributed by atoms with Crippen LogP contribution in [0, 0.1) is 5.92 Å². The summed E-state index contributed by atoms with van der Waals surface area (Å²) in [5, 5.41) is 10.6. The summed E-state index contributed by atoms with van der Waals surface area (Å²) < 4.78 is 68.4. The van der Waals surface area contributed by atoms with Gasteiger partial charge >= 0.3 is 39.5 Å². The van der Waals surface area contributed by atoms with Crippen LogP contribution in [0.25, 0.3) is 0 Å². The minimum absolute atomic E-state index is 0.107. The van der Waals surface area contributed by atoms with Crippen molar-refractivity contribution in [2.75, 3.05) is 39.6 Å². The van der Waals surface area contributed by atoms with Gasteiger partial charge in [0.2, 0.25) is 0 Å². The number of ether oxygens (including phenoxy) is 4. The molecule has 5 atom stereocenters. The van der Waals surface area contributed by atoms with Gasteiger partial charge in [-0.3, -0.25) is 37.3 Å². The molecular weight excluding hydrogens is 1280 g/mol. The molecule has 0 amide bonds. The molecule has 0 saturated heterocycles. The third-order valence-corrected chi connectivity index (χ3v) is 20.4. The van der Waals surface area contributed by atoms with E-state index in [4.69, 9.17) is 37.0 Å². The number of phosphoric ester groups is 2. The predicted octanol–water partition coefficient (Wildman–Crippen LogP) is 23.6. The van der Waals surface area contributed by atoms with Crippen molar-refractivity contribution in [2.45, 2.75) is 438 Å². The normalized spacial score (nSPS) is 13.9. The Morgan fingerprint density at radius 2 is 0.469 bits per heavy atom. The minimum Gasteiger partial charge on any atom is -0.462 e. The van der Waals surface area contributed by atoms with Gasteiger partial charge in [0.25, 0.3) is 0 Å². The van der Waals surface area contributed by atoms with E-state index < -0.39 is 97.5 Å². The Balaban J connectivity index is 5.11. The summed E-state index contributed by atoms with van der Waals surface area (Å²) in [6.07, 6.45) is 63.0. The lowest BCUT2D eigenvalue weighted by Gasteiger charge is -2.21. The van der Waals surface area contributed by atoms with Crippen LogP contribution in [0.5, 0.6) is 0 Å². The number of phosphoric acid groups is 2. The van der Waals surface area contributed by atoms with Gasteiger partial charge in [-0.05, 0) is 31.6 Å². The van der Waals surface area contributed by atoms with Crippen LogP contribution in [0.15, 0.2) is 0 Å². The lowest BCUT2D eigenvalue weighted by Crippen LogP contribution is -2.30. The van der Waals surface area contributed by atoms with Gasteiger partial charge in [0.15, 0.2) is 12.2 Å². The molecule has 17 nitrogen and oxygen atoms in total. The van der Waals surface area contributed by atoms with Crippen molar-refractivity contribution in [3.63, 3.8) is 0 Å². The molecule has 98 heavy (non-hydrogen) atoms. The molecule has 0 fully saturated rings. The first-order valence-corrected chi connectivity index (χ1v) is 44.1. The third kappa shape index (κ3) is 72.4. The molecule has 0 saturated carbocycles. The lowest BCUT2D eigenvalue weighted by molar-refractivity contribution is -0.161. The Kier molecular flexibility index (Phi) is 70.6. The van der Waals surface area contributed by atoms with Crippen LogP contribution in [-0.4, -0.2) is 96.7 Å². The molecule has 0 aromatic carbocycles. The van der Waals surface area contributed by atoms with E-state index in [0.717, 1.165) is 102 Å². The van der Waals surface area contributed by atoms with Crippen LogP contribution in [0.4, 0.5) is 0 Å². The van der Waals surface area contributed by atoms with Crippen LogP contribution in [0.2, 0.25) is 0 Å². The molecule has 0 aliphatic carbocycles. The highest BCUT2D eigenvalue weighted by atomic mass is 31.2. The van der Waals surface area contributed by atoms with Crippen molar-refractivity contribution in [3.05, 3.63) is 0 Å². The predicted molar refractivity (Wildman–Crippen MR) is 400 cm³/mol. The van der Waals surface area contributed by atoms with Crippen molar-refractivity contribution in [3.8, 4) is 0 Å². The molecule has 19 heteroatoms. The molecule has 0 spiro atoms. The summed E-state index contributed by atoms with van der Waals surface area (Å²) in [6.45, 7) is 7.26. The molecule has 582 valence electrons. The van der Waals surface area contributed by atoms with E-state index in [9.17, 15) is 43.2 Å². The largest absolute Gasteiger partial charge is 0.472 e. The number of aliphatic hydroxyl groups excluding tert-OH is 1. The van der Waals surface area contributed by atoms with Crippen LogP contribution in [0.3, 0.4) is 0 Å². The fourth-order valence-corrected chi connectivity index (χ4v) is 13.8. The second-order valence-corrected chi connectivity index (χ2v) is 31.8. The van der Waals surface area contributed by atoms with Gasteiger partial charge in [0.05, 0.1) is 26.4 Å². The van der Waals surface area contributed by atoms with E-state index >= 15 is 0 Å². The smallest absolute Gasteiger partial charge is 0.462 e. The van der Waals surface area contributed by atoms with E-state index in [1.165, 1.54) is 238 Å². The average Bonchev–Trinajstić information content (AvgIpc) is 1.03. The Bertz CT molecular complexity index is 1870. The number of unbranched alkanes of at least 4 members (excludes halogenated alkanes) is 51. The summed E-state index contributed by atoms with van der Waals surface area (Å²) in [6, 6.07) is 0. The number of carbonyl (C=O) groups excluding carboxylic acids is 4. The molecule has 2 unspecified atom stereocenters. The Labute approximate surface area is 600 Å². The summed E-state index contributed by atoms with van der Waals surface area (Å²) in [5.74, 6) is -1.30. The number of rotatable bonds is 79. The summed E-state index contributed by atoms with van der Waals surface area (Å²) in [7, 11) is -9.90. The van der Waals surface area contributed by atoms with Crippen LogP contribution in [0.1, 0.15) is 420 Å². The second-order valence-electron chi connectivity index (χ2n) is 28.9. The number of carbonyl (C=O) groups is 4. The maximum Gasteiger partial charge on any atom is 0.472 e. The van der Waals surface area contributed by atoms with Crippen molar-refractivity contribution < 1.29 is 80.2 Å². The van der Waals surface area contributed by atoms with Crippen LogP contribution < -0.4 is 0 Å². The summed E-state index contributed by atoms with van der Waals surface area (Å²) in [4.78, 5) is 72.6. The summed E-state index contributed by atoms with van der Waals surface area (Å²) in [5.41, 5.74) is 0. The van der Waals surface area contributed by atoms with E-state index in [1.54, 1.807) is 0 Å². The van der Waals surface area contributed by atoms with Gasteiger partial charge in [-0.2, -0.15) is 0 Å². The average molecular weight is 1440 g/mol. The first-order chi connectivity index (χ1) is 47.5. The first-order valence-electron chi connectivity index (χ1n) is 41.1. The zero-order valence-corrected chi connectivity index (χ0v) is 65.7. The minimum atomic E-state index is -4.96. The standard InChI is InChI=1S/C79H154O17P2/c1-6-9-12-15-17-19-21-23-24-25-26-30-33-37-40-44-48-53-58-63-77(82)90-69-75(96-79(84)65-60-55-50-46-42-38-34-31-28-27-29-32-36-39-43-47-52-56-61-72(4)5)71-94-98(87,88)92-67-73(80)66-91-97(85,86)93-70-74(68-89-76(81)62-57-51-14-11-8-3)95-78(83)64-59-54-49-45-41-35-22-20-18-16-13-10-7-2/h72-75,80H,6-71H2,1-5H3,(H,85,86)(H,87,88)/t73-,74+,75+/m0/s1. The van der Waals surface area contributed by atoms with E-state index in [-0.39, 0.29) is 25.7 Å². The van der Waals surface area contributed by atoms with E-state index in [0.29, 0.717) is 25.7 Å². The highest BCUT2D eigenvalue weighted by Crippen LogP contribution is 2.45. The molecule has 0 bridgehead atoms. The molecule has 0 aliphatic heterocycles. The van der Waals surface area contributed by atoms with E-state index in [2.05, 4.69) is 34.6 Å². The van der Waals surface area contributed by atoms with Gasteiger partial charge in [-0.1, -0.05) is 369 Å². The maximum atomic E-state index is 13.1. The quantitative estimate of drug-likeness (QED) is 0.0222. The molecule has 3 N–H and O–H groups in total. The van der Waals surface area contributed by atoms with Gasteiger partial charge in [-0.15, -0.1) is 0 Å². The second kappa shape index (κ2) is 72.0. The first kappa shape index (κ1) is 96.1. The van der Waals surface area contributed by atoms with Crippen LogP contribution >= 0.6 is 15.6 Å². The lowest BCUT2D eigenvalue weighted by atomic mass is 10.0. The van der Waals surface area contributed by atoms with Gasteiger partial charge in [-0.25, -0.2) is 9.13 Å². The van der Waals surface area contributed by atoms with E-state index in [1.807, 2.05) is 0 Å². The number of esters is 4. The molecule has 0 aliphatic rings. The van der Waals surface area contributed by atoms with Gasteiger partial charge in [0.1, 0.15) is 19.3 Å². The van der Waals surface area contributed by atoms with Crippen LogP contribution in [-0.2, 0) is 65.4 Å². The van der Waals surface area contributed by atoms with Gasteiger partial charge in [0, 0.05) is 25.7 Å². The number of hydrogen-bond donors (Lipinski definition) is 3. The Morgan fingerprint density at radius 1 is 0.276 bits per heavy atom. The number of aliphatic hydroxyl groups is 1. The van der Waals surface area contributed by atoms with Gasteiger partial charge < -0.3 is 33.8 Å². The number of hydrogen-bond acceptors (Lipinski definition) is 15. The molecule has 0 aromatic rings. The fraction of sp³-hybridized carbons (Fsp3) is 0.949. The Morgan fingerprint density at radius 3 is 0.694 bits per heavy atom. The van der Waals surface area contributed by atoms with Crippen molar-refractivity contribution in [1.82, 2.24) is 0 Å². The SMILES string of the molecule is CCCCCCCCCCCCCCCCCCCCCC(=O)OC[C@H](COP(=O)(O)OC[C@@H](O)COP(=O)(O)OC[C@@H](COC(=O)CCCCCCC)OC(=O)CCCCCCCCCCCCCCC)OC(=O)CCCCCCCCCCCCCCCCCCCCC(C)C. The highest BCUT2D eigenvalue weighted by molar-refractivity contribution is 7.47. The topological polar surface area (TPSA) is 237 Å². The maximum absolute atomic E-state index is 13.1. The monoisotopic (exact) mass is 1440 g/mol. The molecular formula is C79H154O17P2. The zero-order valence-electron chi connectivity index (χ0n) is 63.9. The Hall–Kier alpha value is -1.94. The molecule has 0 rings (SSSR count). The van der Waals surface area contributed by atoms with Crippen molar-refractivity contribution in [2.24, 2.45) is 5.92 Å². The molecule has 0 heterocycles. The third-order valence-electron chi connectivity index (χ3n) is 18.5. The zero-order chi connectivity index (χ0) is 71.9. The molecule has 0 aromatic heterocycles. The highest BCUT2D eigenvalue weighted by Gasteiger charge is 2.30.